The lowest BCUT2D eigenvalue weighted by Crippen LogP contribution is -2.39. The number of rotatable bonds is 6. The van der Waals surface area contributed by atoms with Crippen molar-refractivity contribution < 1.29 is 22.6 Å². The molecule has 0 aliphatic carbocycles. The van der Waals surface area contributed by atoms with Gasteiger partial charge in [0.1, 0.15) is 13.2 Å². The summed E-state index contributed by atoms with van der Waals surface area (Å²) >= 11 is 0. The predicted molar refractivity (Wildman–Crippen MR) is 133 cm³/mol. The molecule has 2 aromatic carbocycles. The lowest BCUT2D eigenvalue weighted by atomic mass is 10.1. The Hall–Kier alpha value is -2.88. The van der Waals surface area contributed by atoms with Crippen LogP contribution in [-0.4, -0.2) is 50.2 Å². The summed E-state index contributed by atoms with van der Waals surface area (Å²) in [6.07, 6.45) is 1.48. The Labute approximate surface area is 204 Å². The number of hydrogen-bond acceptors (Lipinski definition) is 6. The Morgan fingerprint density at radius 2 is 1.66 bits per heavy atom. The first-order chi connectivity index (χ1) is 16.7. The van der Waals surface area contributed by atoms with Crippen molar-refractivity contribution in [2.45, 2.75) is 51.2 Å². The SMILES string of the molecule is Cc1cc(C)c(S(=O)(=O)N(Cc2cc3cc4c(cc3[nH]c2=O)OCCO4)C[C@H]2CCCO2)c(C)c1. The molecule has 0 unspecified atom stereocenters. The van der Waals surface area contributed by atoms with Gasteiger partial charge < -0.3 is 19.2 Å². The molecule has 0 saturated carbocycles. The molecule has 0 bridgehead atoms. The van der Waals surface area contributed by atoms with Gasteiger partial charge in [-0.3, -0.25) is 4.79 Å². The summed E-state index contributed by atoms with van der Waals surface area (Å²) < 4.78 is 46.4. The third kappa shape index (κ3) is 4.68. The fraction of sp³-hybridized carbons (Fsp3) is 0.423. The molecule has 5 rings (SSSR count). The van der Waals surface area contributed by atoms with Crippen LogP contribution in [0.4, 0.5) is 0 Å². The minimum Gasteiger partial charge on any atom is -0.486 e. The highest BCUT2D eigenvalue weighted by atomic mass is 32.2. The van der Waals surface area contributed by atoms with Gasteiger partial charge in [-0.2, -0.15) is 4.31 Å². The van der Waals surface area contributed by atoms with Crippen molar-refractivity contribution in [2.75, 3.05) is 26.4 Å². The monoisotopic (exact) mass is 498 g/mol. The molecule has 1 saturated heterocycles. The molecule has 3 aromatic rings. The topological polar surface area (TPSA) is 97.9 Å². The van der Waals surface area contributed by atoms with Crippen molar-refractivity contribution >= 4 is 20.9 Å². The molecule has 0 amide bonds. The van der Waals surface area contributed by atoms with E-state index >= 15 is 0 Å². The van der Waals surface area contributed by atoms with E-state index in [1.54, 1.807) is 12.1 Å². The molecule has 9 heteroatoms. The fourth-order valence-corrected chi connectivity index (χ4v) is 6.92. The van der Waals surface area contributed by atoms with E-state index in [1.807, 2.05) is 39.0 Å². The first-order valence-electron chi connectivity index (χ1n) is 11.9. The summed E-state index contributed by atoms with van der Waals surface area (Å²) in [5, 5.41) is 0.751. The van der Waals surface area contributed by atoms with Crippen LogP contribution >= 0.6 is 0 Å². The van der Waals surface area contributed by atoms with Crippen LogP contribution in [0.15, 0.2) is 40.0 Å². The van der Waals surface area contributed by atoms with Crippen LogP contribution in [0.5, 0.6) is 11.5 Å². The molecule has 2 aliphatic rings. The van der Waals surface area contributed by atoms with Crippen molar-refractivity contribution in [3.8, 4) is 11.5 Å². The van der Waals surface area contributed by atoms with E-state index in [2.05, 4.69) is 4.98 Å². The average Bonchev–Trinajstić information content (AvgIpc) is 3.30. The van der Waals surface area contributed by atoms with Crippen LogP contribution in [0.3, 0.4) is 0 Å². The first kappa shape index (κ1) is 23.8. The predicted octanol–water partition coefficient (Wildman–Crippen LogP) is 3.59. The Balaban J connectivity index is 1.56. The quantitative estimate of drug-likeness (QED) is 0.558. The van der Waals surface area contributed by atoms with E-state index < -0.39 is 10.0 Å². The summed E-state index contributed by atoms with van der Waals surface area (Å²) in [7, 11) is -3.89. The van der Waals surface area contributed by atoms with Crippen molar-refractivity contribution in [3.05, 3.63) is 62.9 Å². The molecule has 3 heterocycles. The molecule has 1 N–H and O–H groups in total. The molecule has 186 valence electrons. The second-order valence-electron chi connectivity index (χ2n) is 9.37. The third-order valence-electron chi connectivity index (χ3n) is 6.56. The van der Waals surface area contributed by atoms with E-state index in [-0.39, 0.29) is 29.6 Å². The number of H-pyrrole nitrogens is 1. The highest BCUT2D eigenvalue weighted by molar-refractivity contribution is 7.89. The first-order valence-corrected chi connectivity index (χ1v) is 13.3. The van der Waals surface area contributed by atoms with Crippen molar-refractivity contribution in [2.24, 2.45) is 0 Å². The Bertz CT molecular complexity index is 1420. The van der Waals surface area contributed by atoms with E-state index in [0.29, 0.717) is 53.5 Å². The Morgan fingerprint density at radius 1 is 0.971 bits per heavy atom. The van der Waals surface area contributed by atoms with Crippen molar-refractivity contribution in [1.29, 1.82) is 0 Å². The number of pyridine rings is 1. The van der Waals surface area contributed by atoms with E-state index in [4.69, 9.17) is 14.2 Å². The van der Waals surface area contributed by atoms with Gasteiger partial charge in [0.15, 0.2) is 11.5 Å². The second kappa shape index (κ2) is 9.29. The van der Waals surface area contributed by atoms with Crippen LogP contribution in [0.1, 0.15) is 35.1 Å². The van der Waals surface area contributed by atoms with Gasteiger partial charge in [-0.15, -0.1) is 0 Å². The molecular weight excluding hydrogens is 468 g/mol. The van der Waals surface area contributed by atoms with Crippen LogP contribution < -0.4 is 15.0 Å². The number of aryl methyl sites for hydroxylation is 3. The standard InChI is InChI=1S/C26H30N2O6S/c1-16-9-17(2)25(18(3)10-16)35(30,31)28(15-21-5-4-6-32-21)14-20-11-19-12-23-24(34-8-7-33-23)13-22(19)27-26(20)29/h9-13,21H,4-8,14-15H2,1-3H3,(H,27,29)/t21-/m1/s1. The lowest BCUT2D eigenvalue weighted by Gasteiger charge is -2.26. The highest BCUT2D eigenvalue weighted by Crippen LogP contribution is 2.34. The molecule has 1 fully saturated rings. The summed E-state index contributed by atoms with van der Waals surface area (Å²) in [5.41, 5.74) is 3.02. The summed E-state index contributed by atoms with van der Waals surface area (Å²) in [6.45, 7) is 7.22. The lowest BCUT2D eigenvalue weighted by molar-refractivity contribution is 0.0925. The maximum Gasteiger partial charge on any atom is 0.252 e. The van der Waals surface area contributed by atoms with Crippen LogP contribution in [0.25, 0.3) is 10.9 Å². The largest absolute Gasteiger partial charge is 0.486 e. The van der Waals surface area contributed by atoms with Crippen molar-refractivity contribution in [1.82, 2.24) is 9.29 Å². The minimum absolute atomic E-state index is 0.0608. The second-order valence-corrected chi connectivity index (χ2v) is 11.2. The number of aromatic amines is 1. The number of nitrogens with zero attached hydrogens (tertiary/aromatic N) is 1. The van der Waals surface area contributed by atoms with Gasteiger partial charge in [0.2, 0.25) is 10.0 Å². The molecule has 2 aliphatic heterocycles. The molecule has 0 radical (unpaired) electrons. The maximum atomic E-state index is 14.0. The molecular formula is C26H30N2O6S. The average molecular weight is 499 g/mol. The molecule has 1 aromatic heterocycles. The van der Waals surface area contributed by atoms with Crippen molar-refractivity contribution in [3.63, 3.8) is 0 Å². The summed E-state index contributed by atoms with van der Waals surface area (Å²) in [6, 6.07) is 9.04. The summed E-state index contributed by atoms with van der Waals surface area (Å²) in [5.74, 6) is 1.19. The number of nitrogens with one attached hydrogen (secondary N) is 1. The number of ether oxygens (including phenoxy) is 3. The van der Waals surface area contributed by atoms with Crippen LogP contribution in [0.2, 0.25) is 0 Å². The van der Waals surface area contributed by atoms with Crippen LogP contribution in [-0.2, 0) is 21.3 Å². The van der Waals surface area contributed by atoms with Crippen LogP contribution in [0, 0.1) is 20.8 Å². The van der Waals surface area contributed by atoms with E-state index in [1.165, 1.54) is 4.31 Å². The zero-order valence-corrected chi connectivity index (χ0v) is 21.0. The zero-order chi connectivity index (χ0) is 24.7. The number of benzene rings is 2. The number of aromatic nitrogens is 1. The van der Waals surface area contributed by atoms with Gasteiger partial charge >= 0.3 is 0 Å². The fourth-order valence-electron chi connectivity index (χ4n) is 5.06. The highest BCUT2D eigenvalue weighted by Gasteiger charge is 2.32. The third-order valence-corrected chi connectivity index (χ3v) is 8.68. The Kier molecular flexibility index (Phi) is 6.33. The molecule has 8 nitrogen and oxygen atoms in total. The minimum atomic E-state index is -3.89. The zero-order valence-electron chi connectivity index (χ0n) is 20.2. The van der Waals surface area contributed by atoms with Gasteiger partial charge in [0, 0.05) is 36.7 Å². The van der Waals surface area contributed by atoms with Gasteiger partial charge in [0.05, 0.1) is 16.5 Å². The molecule has 0 spiro atoms. The van der Waals surface area contributed by atoms with Gasteiger partial charge in [0.25, 0.3) is 5.56 Å². The number of hydrogen-bond donors (Lipinski definition) is 1. The molecule has 1 atom stereocenters. The normalized spacial score (nSPS) is 17.9. The van der Waals surface area contributed by atoms with E-state index in [0.717, 1.165) is 23.8 Å². The number of sulfonamides is 1. The van der Waals surface area contributed by atoms with E-state index in [9.17, 15) is 13.2 Å². The Morgan fingerprint density at radius 3 is 2.31 bits per heavy atom. The number of fused-ring (bicyclic) bond motifs is 2. The smallest absolute Gasteiger partial charge is 0.252 e. The van der Waals surface area contributed by atoms with Gasteiger partial charge in [-0.25, -0.2) is 8.42 Å². The molecule has 35 heavy (non-hydrogen) atoms. The van der Waals surface area contributed by atoms with Gasteiger partial charge in [-0.1, -0.05) is 17.7 Å². The summed E-state index contributed by atoms with van der Waals surface area (Å²) in [4.78, 5) is 16.2. The maximum absolute atomic E-state index is 14.0. The van der Waals surface area contributed by atoms with Gasteiger partial charge in [-0.05, 0) is 56.9 Å².